The molecule has 28 heavy (non-hydrogen) atoms. The maximum Gasteiger partial charge on any atom is 0.342 e. The molecule has 4 rings (SSSR count). The number of carboxylic acids is 1. The smallest absolute Gasteiger partial charge is 0.342 e. The van der Waals surface area contributed by atoms with Crippen LogP contribution in [0.5, 0.6) is 11.6 Å². The van der Waals surface area contributed by atoms with Crippen molar-refractivity contribution in [2.75, 3.05) is 18.6 Å². The van der Waals surface area contributed by atoms with E-state index in [9.17, 15) is 9.90 Å². The summed E-state index contributed by atoms with van der Waals surface area (Å²) in [7, 11) is 1.60. The molecule has 7 nitrogen and oxygen atoms in total. The van der Waals surface area contributed by atoms with Gasteiger partial charge in [0.15, 0.2) is 0 Å². The molecule has 0 atom stereocenters. The number of anilines is 2. The lowest BCUT2D eigenvalue weighted by Crippen LogP contribution is -2.18. The van der Waals surface area contributed by atoms with Gasteiger partial charge in [-0.2, -0.15) is 4.98 Å². The fraction of sp³-hybridized carbons (Fsp3) is 0.190. The molecule has 2 heterocycles. The average Bonchev–Trinajstić information content (AvgIpc) is 3.16. The number of nitrogens with zero attached hydrogens (tertiary/aromatic N) is 3. The fourth-order valence-corrected chi connectivity index (χ4v) is 3.16. The Balaban J connectivity index is 1.60. The van der Waals surface area contributed by atoms with E-state index < -0.39 is 5.97 Å². The lowest BCUT2D eigenvalue weighted by molar-refractivity contribution is 0.0690. The maximum atomic E-state index is 11.6. The van der Waals surface area contributed by atoms with Gasteiger partial charge in [-0.3, -0.25) is 0 Å². The summed E-state index contributed by atoms with van der Waals surface area (Å²) in [5.41, 5.74) is 3.06. The van der Waals surface area contributed by atoms with E-state index in [0.717, 1.165) is 30.0 Å². The number of para-hydroxylation sites is 1. The normalized spacial score (nSPS) is 12.5. The summed E-state index contributed by atoms with van der Waals surface area (Å²) < 4.78 is 10.9. The fourth-order valence-electron chi connectivity index (χ4n) is 3.16. The zero-order chi connectivity index (χ0) is 19.5. The molecule has 0 aliphatic carbocycles. The van der Waals surface area contributed by atoms with Crippen LogP contribution >= 0.6 is 0 Å². The van der Waals surface area contributed by atoms with Crippen molar-refractivity contribution in [1.29, 1.82) is 0 Å². The van der Waals surface area contributed by atoms with Gasteiger partial charge in [-0.25, -0.2) is 9.78 Å². The first-order valence-corrected chi connectivity index (χ1v) is 8.87. The van der Waals surface area contributed by atoms with Crippen molar-refractivity contribution in [2.45, 2.75) is 13.0 Å². The molecule has 0 amide bonds. The Morgan fingerprint density at radius 2 is 1.96 bits per heavy atom. The van der Waals surface area contributed by atoms with Crippen LogP contribution in [0.4, 0.5) is 11.6 Å². The maximum absolute atomic E-state index is 11.6. The molecular formula is C21H19N3O4. The monoisotopic (exact) mass is 377 g/mol. The minimum Gasteiger partial charge on any atom is -0.497 e. The molecule has 0 fully saturated rings. The van der Waals surface area contributed by atoms with Gasteiger partial charge in [0.1, 0.15) is 17.9 Å². The van der Waals surface area contributed by atoms with Crippen molar-refractivity contribution >= 4 is 17.6 Å². The van der Waals surface area contributed by atoms with Gasteiger partial charge in [0, 0.05) is 12.2 Å². The minimum absolute atomic E-state index is 0.0534. The number of carboxylic acid groups (broad SMARTS) is 1. The van der Waals surface area contributed by atoms with Crippen LogP contribution in [0.15, 0.2) is 54.7 Å². The first-order valence-electron chi connectivity index (χ1n) is 8.87. The van der Waals surface area contributed by atoms with Gasteiger partial charge in [-0.15, -0.1) is 0 Å². The number of aromatic nitrogens is 2. The van der Waals surface area contributed by atoms with Crippen LogP contribution in [-0.2, 0) is 13.0 Å². The third-order valence-corrected chi connectivity index (χ3v) is 4.63. The average molecular weight is 377 g/mol. The Morgan fingerprint density at radius 1 is 1.18 bits per heavy atom. The molecule has 7 heteroatoms. The van der Waals surface area contributed by atoms with Crippen molar-refractivity contribution in [2.24, 2.45) is 0 Å². The van der Waals surface area contributed by atoms with E-state index >= 15 is 0 Å². The molecule has 3 aromatic rings. The van der Waals surface area contributed by atoms with Gasteiger partial charge < -0.3 is 19.5 Å². The van der Waals surface area contributed by atoms with E-state index in [1.807, 2.05) is 47.4 Å². The van der Waals surface area contributed by atoms with E-state index in [2.05, 4.69) is 16.0 Å². The lowest BCUT2D eigenvalue weighted by atomic mass is 10.2. The highest BCUT2D eigenvalue weighted by atomic mass is 16.5. The predicted octanol–water partition coefficient (Wildman–Crippen LogP) is 3.46. The topological polar surface area (TPSA) is 84.8 Å². The van der Waals surface area contributed by atoms with Crippen LogP contribution in [0.25, 0.3) is 0 Å². The highest BCUT2D eigenvalue weighted by Crippen LogP contribution is 2.33. The minimum atomic E-state index is -1.13. The van der Waals surface area contributed by atoms with Crippen molar-refractivity contribution in [1.82, 2.24) is 9.97 Å². The zero-order valence-corrected chi connectivity index (χ0v) is 15.3. The summed E-state index contributed by atoms with van der Waals surface area (Å²) in [5.74, 6) is 0.0995. The number of methoxy groups -OCH3 is 1. The number of fused-ring (bicyclic) bond motifs is 1. The van der Waals surface area contributed by atoms with Gasteiger partial charge in [-0.1, -0.05) is 30.3 Å². The first kappa shape index (κ1) is 17.8. The SMILES string of the molecule is COc1ccc(COc2nc(N3CCc4ccccc43)ncc2C(=O)O)cc1. The molecule has 0 unspecified atom stereocenters. The number of rotatable bonds is 6. The van der Waals surface area contributed by atoms with Gasteiger partial charge >= 0.3 is 5.97 Å². The van der Waals surface area contributed by atoms with E-state index in [-0.39, 0.29) is 18.1 Å². The molecule has 1 aromatic heterocycles. The Labute approximate surface area is 162 Å². The summed E-state index contributed by atoms with van der Waals surface area (Å²) >= 11 is 0. The summed E-state index contributed by atoms with van der Waals surface area (Å²) in [5, 5.41) is 9.46. The molecule has 0 spiro atoms. The molecule has 142 valence electrons. The second kappa shape index (κ2) is 7.56. The van der Waals surface area contributed by atoms with E-state index in [0.29, 0.717) is 5.95 Å². The standard InChI is InChI=1S/C21H19N3O4/c1-27-16-8-6-14(7-9-16)13-28-19-17(20(25)26)12-22-21(23-19)24-11-10-15-4-2-3-5-18(15)24/h2-9,12H,10-11,13H2,1H3,(H,25,26). The van der Waals surface area contributed by atoms with Crippen LogP contribution in [0, 0.1) is 0 Å². The number of benzene rings is 2. The van der Waals surface area contributed by atoms with Crippen LogP contribution in [0.2, 0.25) is 0 Å². The molecular weight excluding hydrogens is 358 g/mol. The highest BCUT2D eigenvalue weighted by molar-refractivity contribution is 5.90. The number of carbonyl (C=O) groups is 1. The Hall–Kier alpha value is -3.61. The van der Waals surface area contributed by atoms with Crippen molar-refractivity contribution in [3.63, 3.8) is 0 Å². The van der Waals surface area contributed by atoms with Crippen molar-refractivity contribution in [3.8, 4) is 11.6 Å². The largest absolute Gasteiger partial charge is 0.497 e. The van der Waals surface area contributed by atoms with E-state index in [4.69, 9.17) is 9.47 Å². The van der Waals surface area contributed by atoms with Crippen LogP contribution in [0.1, 0.15) is 21.5 Å². The first-order chi connectivity index (χ1) is 13.7. The summed E-state index contributed by atoms with van der Waals surface area (Å²) in [4.78, 5) is 22.2. The van der Waals surface area contributed by atoms with Gasteiger partial charge in [-0.05, 0) is 35.7 Å². The molecule has 1 N–H and O–H groups in total. The van der Waals surface area contributed by atoms with Crippen LogP contribution < -0.4 is 14.4 Å². The molecule has 0 saturated heterocycles. The van der Waals surface area contributed by atoms with Gasteiger partial charge in [0.25, 0.3) is 0 Å². The summed E-state index contributed by atoms with van der Waals surface area (Å²) in [6.07, 6.45) is 2.19. The molecule has 1 aliphatic rings. The lowest BCUT2D eigenvalue weighted by Gasteiger charge is -2.18. The van der Waals surface area contributed by atoms with Crippen molar-refractivity contribution < 1.29 is 19.4 Å². The van der Waals surface area contributed by atoms with Gasteiger partial charge in [0.2, 0.25) is 11.8 Å². The second-order valence-electron chi connectivity index (χ2n) is 6.36. The Kier molecular flexibility index (Phi) is 4.80. The van der Waals surface area contributed by atoms with Gasteiger partial charge in [0.05, 0.1) is 13.3 Å². The summed E-state index contributed by atoms with van der Waals surface area (Å²) in [6.45, 7) is 0.932. The number of aromatic carboxylic acids is 1. The third kappa shape index (κ3) is 3.46. The highest BCUT2D eigenvalue weighted by Gasteiger charge is 2.24. The second-order valence-corrected chi connectivity index (χ2v) is 6.36. The summed E-state index contributed by atoms with van der Waals surface area (Å²) in [6, 6.07) is 15.4. The molecule has 0 saturated carbocycles. The Bertz CT molecular complexity index is 1000. The quantitative estimate of drug-likeness (QED) is 0.704. The zero-order valence-electron chi connectivity index (χ0n) is 15.3. The number of hydrogen-bond donors (Lipinski definition) is 1. The molecule has 2 aromatic carbocycles. The van der Waals surface area contributed by atoms with Crippen LogP contribution in [-0.4, -0.2) is 34.7 Å². The molecule has 0 radical (unpaired) electrons. The predicted molar refractivity (Wildman–Crippen MR) is 103 cm³/mol. The van der Waals surface area contributed by atoms with E-state index in [1.165, 1.54) is 11.8 Å². The number of ether oxygens (including phenoxy) is 2. The van der Waals surface area contributed by atoms with E-state index in [1.54, 1.807) is 7.11 Å². The number of hydrogen-bond acceptors (Lipinski definition) is 6. The third-order valence-electron chi connectivity index (χ3n) is 4.63. The molecule has 1 aliphatic heterocycles. The van der Waals surface area contributed by atoms with Crippen molar-refractivity contribution in [3.05, 3.63) is 71.4 Å². The van der Waals surface area contributed by atoms with Crippen LogP contribution in [0.3, 0.4) is 0 Å². The Morgan fingerprint density at radius 3 is 2.71 bits per heavy atom. The molecule has 0 bridgehead atoms.